The van der Waals surface area contributed by atoms with Crippen LogP contribution in [0.4, 0.5) is 0 Å². The Kier molecular flexibility index (Phi) is 2.33. The van der Waals surface area contributed by atoms with Crippen LogP contribution in [0, 0.1) is 0 Å². The normalized spacial score (nSPS) is 10.5. The molecule has 4 nitrogen and oxygen atoms in total. The van der Waals surface area contributed by atoms with Crippen molar-refractivity contribution < 1.29 is 4.79 Å². The van der Waals surface area contributed by atoms with Gasteiger partial charge in [0.15, 0.2) is 0 Å². The predicted molar refractivity (Wildman–Crippen MR) is 56.0 cm³/mol. The fraction of sp³-hybridized carbons (Fsp3) is 0.182. The van der Waals surface area contributed by atoms with E-state index in [-0.39, 0.29) is 5.91 Å². The molecule has 2 rings (SSSR count). The van der Waals surface area contributed by atoms with Gasteiger partial charge in [0.1, 0.15) is 0 Å². The van der Waals surface area contributed by atoms with E-state index < -0.39 is 5.69 Å². The first-order valence-corrected chi connectivity index (χ1v) is 4.75. The molecule has 2 aliphatic rings. The molecule has 0 saturated carbocycles. The van der Waals surface area contributed by atoms with E-state index in [1.807, 2.05) is 6.07 Å². The molecule has 76 valence electrons. The maximum absolute atomic E-state index is 11.5. The molecule has 1 aliphatic carbocycles. The summed E-state index contributed by atoms with van der Waals surface area (Å²) in [5.74, 6) is -0.228. The van der Waals surface area contributed by atoms with Gasteiger partial charge in [-0.2, -0.15) is 4.98 Å². The summed E-state index contributed by atoms with van der Waals surface area (Å²) < 4.78 is 1.12. The molecule has 15 heavy (non-hydrogen) atoms. The van der Waals surface area contributed by atoms with Crippen LogP contribution in [0.25, 0.3) is 11.4 Å². The van der Waals surface area contributed by atoms with Gasteiger partial charge in [0.2, 0.25) is 5.91 Å². The molecule has 0 bridgehead atoms. The van der Waals surface area contributed by atoms with Crippen molar-refractivity contribution in [1.82, 2.24) is 9.55 Å². The van der Waals surface area contributed by atoms with E-state index in [0.29, 0.717) is 17.8 Å². The first kappa shape index (κ1) is 9.58. The summed E-state index contributed by atoms with van der Waals surface area (Å²) in [6.07, 6.45) is 0.291. The van der Waals surface area contributed by atoms with Gasteiger partial charge in [0.25, 0.3) is 0 Å². The molecule has 0 aromatic heterocycles. The van der Waals surface area contributed by atoms with Gasteiger partial charge in [-0.15, -0.1) is 0 Å². The van der Waals surface area contributed by atoms with Gasteiger partial charge >= 0.3 is 5.69 Å². The van der Waals surface area contributed by atoms with Crippen LogP contribution in [0.2, 0.25) is 0 Å². The molecular weight excluding hydrogens is 192 g/mol. The van der Waals surface area contributed by atoms with Crippen molar-refractivity contribution in [1.29, 1.82) is 0 Å². The van der Waals surface area contributed by atoms with Crippen LogP contribution in [-0.4, -0.2) is 15.5 Å². The summed E-state index contributed by atoms with van der Waals surface area (Å²) in [5, 5.41) is 0. The fourth-order valence-corrected chi connectivity index (χ4v) is 1.47. The minimum absolute atomic E-state index is 0.228. The number of aromatic nitrogens is 2. The standard InChI is InChI=1S/C11H10N2O2/c1-2-10(14)13-9-7-5-3-4-6-8(9)12-11(13)15/h3-7H,2H2,1H3. The van der Waals surface area contributed by atoms with Gasteiger partial charge < -0.3 is 0 Å². The van der Waals surface area contributed by atoms with E-state index >= 15 is 0 Å². The van der Waals surface area contributed by atoms with Gasteiger partial charge in [0.05, 0.1) is 11.4 Å². The molecule has 0 amide bonds. The quantitative estimate of drug-likeness (QED) is 0.702. The first-order valence-electron chi connectivity index (χ1n) is 4.75. The number of hydrogen-bond acceptors (Lipinski definition) is 3. The topological polar surface area (TPSA) is 52.0 Å². The molecule has 1 aliphatic heterocycles. The first-order chi connectivity index (χ1) is 7.24. The van der Waals surface area contributed by atoms with Crippen LogP contribution in [0.15, 0.2) is 35.1 Å². The highest BCUT2D eigenvalue weighted by Crippen LogP contribution is 2.15. The summed E-state index contributed by atoms with van der Waals surface area (Å²) >= 11 is 0. The van der Waals surface area contributed by atoms with Gasteiger partial charge in [-0.25, -0.2) is 9.36 Å². The second kappa shape index (κ2) is 3.65. The molecule has 0 saturated heterocycles. The number of carbonyl (C=O) groups is 1. The Bertz CT molecular complexity index is 531. The van der Waals surface area contributed by atoms with E-state index in [2.05, 4.69) is 4.98 Å². The number of rotatable bonds is 1. The van der Waals surface area contributed by atoms with E-state index in [4.69, 9.17) is 0 Å². The minimum Gasteiger partial charge on any atom is -0.274 e. The summed E-state index contributed by atoms with van der Waals surface area (Å²) in [6.45, 7) is 1.72. The average Bonchev–Trinajstić information content (AvgIpc) is 2.40. The SMILES string of the molecule is CCC(=O)n1c2cccccc-2nc1=O. The molecule has 0 aromatic rings. The van der Waals surface area contributed by atoms with E-state index in [1.165, 1.54) is 0 Å². The van der Waals surface area contributed by atoms with Crippen molar-refractivity contribution in [2.75, 3.05) is 0 Å². The Balaban J connectivity index is 2.74. The summed E-state index contributed by atoms with van der Waals surface area (Å²) in [7, 11) is 0. The Hall–Kier alpha value is -1.97. The highest BCUT2D eigenvalue weighted by atomic mass is 16.2. The number of imidazole rings is 1. The molecule has 0 spiro atoms. The van der Waals surface area contributed by atoms with Crippen molar-refractivity contribution in [3.05, 3.63) is 40.8 Å². The Morgan fingerprint density at radius 1 is 1.33 bits per heavy atom. The molecule has 0 unspecified atom stereocenters. The van der Waals surface area contributed by atoms with Crippen LogP contribution in [-0.2, 0) is 0 Å². The summed E-state index contributed by atoms with van der Waals surface area (Å²) in [6, 6.07) is 8.83. The lowest BCUT2D eigenvalue weighted by atomic mass is 10.3. The fourth-order valence-electron chi connectivity index (χ4n) is 1.47. The zero-order valence-corrected chi connectivity index (χ0v) is 8.30. The largest absolute Gasteiger partial charge is 0.355 e. The highest BCUT2D eigenvalue weighted by molar-refractivity contribution is 5.83. The van der Waals surface area contributed by atoms with Crippen molar-refractivity contribution in [3.63, 3.8) is 0 Å². The summed E-state index contributed by atoms with van der Waals surface area (Å²) in [4.78, 5) is 26.8. The third-order valence-electron chi connectivity index (χ3n) is 2.19. The lowest BCUT2D eigenvalue weighted by molar-refractivity contribution is 0.0907. The second-order valence-corrected chi connectivity index (χ2v) is 3.16. The van der Waals surface area contributed by atoms with Gasteiger partial charge in [-0.1, -0.05) is 25.1 Å². The summed E-state index contributed by atoms with van der Waals surface area (Å²) in [5.41, 5.74) is 0.617. The average molecular weight is 202 g/mol. The van der Waals surface area contributed by atoms with E-state index in [9.17, 15) is 9.59 Å². The van der Waals surface area contributed by atoms with E-state index in [1.54, 1.807) is 31.2 Å². The molecule has 0 radical (unpaired) electrons. The number of fused-ring (bicyclic) bond motifs is 1. The van der Waals surface area contributed by atoms with E-state index in [0.717, 1.165) is 4.57 Å². The van der Waals surface area contributed by atoms with Crippen molar-refractivity contribution in [2.24, 2.45) is 0 Å². The van der Waals surface area contributed by atoms with Crippen LogP contribution >= 0.6 is 0 Å². The molecule has 0 aromatic carbocycles. The van der Waals surface area contributed by atoms with Crippen LogP contribution in [0.5, 0.6) is 0 Å². The third-order valence-corrected chi connectivity index (χ3v) is 2.19. The van der Waals surface area contributed by atoms with Gasteiger partial charge in [0, 0.05) is 6.42 Å². The maximum Gasteiger partial charge on any atom is 0.355 e. The Labute approximate surface area is 86.5 Å². The number of carbonyl (C=O) groups excluding carboxylic acids is 1. The third kappa shape index (κ3) is 1.54. The number of nitrogens with zero attached hydrogens (tertiary/aromatic N) is 2. The van der Waals surface area contributed by atoms with Gasteiger partial charge in [-0.05, 0) is 12.1 Å². The Morgan fingerprint density at radius 2 is 2.07 bits per heavy atom. The second-order valence-electron chi connectivity index (χ2n) is 3.16. The molecule has 4 heteroatoms. The number of hydrogen-bond donors (Lipinski definition) is 0. The molecule has 0 atom stereocenters. The molecule has 0 fully saturated rings. The smallest absolute Gasteiger partial charge is 0.274 e. The van der Waals surface area contributed by atoms with Gasteiger partial charge in [-0.3, -0.25) is 4.79 Å². The van der Waals surface area contributed by atoms with Crippen LogP contribution < -0.4 is 5.69 Å². The maximum atomic E-state index is 11.5. The molecular formula is C11H10N2O2. The zero-order chi connectivity index (χ0) is 10.8. The van der Waals surface area contributed by atoms with Crippen molar-refractivity contribution in [3.8, 4) is 11.4 Å². The van der Waals surface area contributed by atoms with Crippen molar-refractivity contribution >= 4 is 5.91 Å². The lowest BCUT2D eigenvalue weighted by Gasteiger charge is -1.99. The van der Waals surface area contributed by atoms with Crippen LogP contribution in [0.1, 0.15) is 18.1 Å². The molecule has 1 heterocycles. The Morgan fingerprint density at radius 3 is 2.80 bits per heavy atom. The molecule has 0 N–H and O–H groups in total. The zero-order valence-electron chi connectivity index (χ0n) is 8.30. The van der Waals surface area contributed by atoms with Crippen LogP contribution in [0.3, 0.4) is 0 Å². The minimum atomic E-state index is -0.497. The van der Waals surface area contributed by atoms with Crippen molar-refractivity contribution in [2.45, 2.75) is 13.3 Å². The highest BCUT2D eigenvalue weighted by Gasteiger charge is 2.16. The predicted octanol–water partition coefficient (Wildman–Crippen LogP) is 1.40. The lowest BCUT2D eigenvalue weighted by Crippen LogP contribution is -2.23. The monoisotopic (exact) mass is 202 g/mol.